The van der Waals surface area contributed by atoms with E-state index in [0.717, 1.165) is 37.6 Å². The zero-order chi connectivity index (χ0) is 18.8. The number of hydrogen-bond donors (Lipinski definition) is 0. The van der Waals surface area contributed by atoms with Crippen LogP contribution in [0.2, 0.25) is 0 Å². The molecule has 0 radical (unpaired) electrons. The maximum absolute atomic E-state index is 4.17. The van der Waals surface area contributed by atoms with Gasteiger partial charge in [-0.3, -0.25) is 0 Å². The molecule has 140 valence electrons. The minimum Gasteiger partial charge on any atom is -0.368 e. The van der Waals surface area contributed by atoms with Crippen molar-refractivity contribution in [2.75, 3.05) is 36.0 Å². The summed E-state index contributed by atoms with van der Waals surface area (Å²) in [6.07, 6.45) is 6.51. The molecule has 0 saturated carbocycles. The Morgan fingerprint density at radius 2 is 0.857 bits per heavy atom. The van der Waals surface area contributed by atoms with Crippen molar-refractivity contribution >= 4 is 11.4 Å². The van der Waals surface area contributed by atoms with Crippen LogP contribution in [0, 0.1) is 0 Å². The summed E-state index contributed by atoms with van der Waals surface area (Å²) in [5.41, 5.74) is 4.52. The van der Waals surface area contributed by atoms with Crippen LogP contribution < -0.4 is 9.80 Å². The van der Waals surface area contributed by atoms with E-state index < -0.39 is 0 Å². The van der Waals surface area contributed by atoms with Crippen molar-refractivity contribution in [1.29, 1.82) is 0 Å². The first kappa shape index (κ1) is 16.5. The Kier molecular flexibility index (Phi) is 4.21. The average Bonchev–Trinajstić information content (AvgIpc) is 3.49. The fourth-order valence-electron chi connectivity index (χ4n) is 3.54. The predicted octanol–water partition coefficient (Wildman–Crippen LogP) is 2.17. The first-order chi connectivity index (χ1) is 13.9. The number of aromatic nitrogens is 6. The van der Waals surface area contributed by atoms with Crippen molar-refractivity contribution in [3.05, 3.63) is 73.8 Å². The van der Waals surface area contributed by atoms with Crippen LogP contribution in [0.3, 0.4) is 0 Å². The second-order valence-corrected chi connectivity index (χ2v) is 6.69. The van der Waals surface area contributed by atoms with Gasteiger partial charge >= 0.3 is 0 Å². The van der Waals surface area contributed by atoms with Crippen LogP contribution >= 0.6 is 0 Å². The second-order valence-electron chi connectivity index (χ2n) is 6.69. The topological polar surface area (TPSA) is 67.9 Å². The molecule has 0 N–H and O–H groups in total. The van der Waals surface area contributed by atoms with E-state index in [1.807, 2.05) is 0 Å². The van der Waals surface area contributed by atoms with Crippen molar-refractivity contribution in [2.45, 2.75) is 0 Å². The summed E-state index contributed by atoms with van der Waals surface area (Å²) in [6, 6.07) is 16.9. The Hall–Kier alpha value is -3.68. The van der Waals surface area contributed by atoms with Gasteiger partial charge in [0, 0.05) is 37.6 Å². The van der Waals surface area contributed by atoms with Gasteiger partial charge in [0.25, 0.3) is 0 Å². The van der Waals surface area contributed by atoms with Gasteiger partial charge in [-0.25, -0.2) is 19.3 Å². The van der Waals surface area contributed by atoms with Gasteiger partial charge in [0.15, 0.2) is 0 Å². The Bertz CT molecular complexity index is 914. The van der Waals surface area contributed by atoms with Gasteiger partial charge in [-0.05, 0) is 48.5 Å². The van der Waals surface area contributed by atoms with E-state index in [4.69, 9.17) is 0 Å². The van der Waals surface area contributed by atoms with Crippen LogP contribution in [0.25, 0.3) is 11.4 Å². The van der Waals surface area contributed by atoms with Gasteiger partial charge < -0.3 is 9.80 Å². The maximum atomic E-state index is 4.17. The van der Waals surface area contributed by atoms with Gasteiger partial charge in [-0.15, -0.1) is 0 Å². The minimum atomic E-state index is 0.994. The third-order valence-corrected chi connectivity index (χ3v) is 5.08. The number of nitrogens with zero attached hydrogens (tertiary/aromatic N) is 8. The summed E-state index contributed by atoms with van der Waals surface area (Å²) in [6.45, 7) is 3.97. The lowest BCUT2D eigenvalue weighted by Gasteiger charge is -2.37. The fourth-order valence-corrected chi connectivity index (χ4v) is 3.54. The van der Waals surface area contributed by atoms with E-state index in [0.29, 0.717) is 0 Å². The van der Waals surface area contributed by atoms with Gasteiger partial charge in [0.1, 0.15) is 25.3 Å². The third kappa shape index (κ3) is 3.20. The second kappa shape index (κ2) is 7.15. The first-order valence-corrected chi connectivity index (χ1v) is 9.27. The largest absolute Gasteiger partial charge is 0.368 e. The summed E-state index contributed by atoms with van der Waals surface area (Å²) in [5, 5.41) is 8.34. The van der Waals surface area contributed by atoms with Crippen LogP contribution in [0.1, 0.15) is 0 Å². The van der Waals surface area contributed by atoms with Crippen molar-refractivity contribution in [3.63, 3.8) is 0 Å². The molecule has 1 aliphatic rings. The molecular weight excluding hydrogens is 352 g/mol. The molecule has 8 nitrogen and oxygen atoms in total. The molecule has 8 heteroatoms. The lowest BCUT2D eigenvalue weighted by Crippen LogP contribution is -2.46. The summed E-state index contributed by atoms with van der Waals surface area (Å²) in [4.78, 5) is 12.8. The van der Waals surface area contributed by atoms with Gasteiger partial charge in [-0.2, -0.15) is 10.2 Å². The molecule has 0 aliphatic carbocycles. The highest BCUT2D eigenvalue weighted by atomic mass is 15.3. The van der Waals surface area contributed by atoms with E-state index in [1.165, 1.54) is 11.4 Å². The molecule has 0 amide bonds. The zero-order valence-corrected chi connectivity index (χ0v) is 15.3. The molecule has 0 bridgehead atoms. The average molecular weight is 372 g/mol. The highest BCUT2D eigenvalue weighted by molar-refractivity contribution is 5.55. The number of anilines is 2. The molecule has 3 heterocycles. The van der Waals surface area contributed by atoms with Gasteiger partial charge in [-0.1, -0.05) is 0 Å². The molecular formula is C20H20N8. The van der Waals surface area contributed by atoms with Crippen LogP contribution in [0.5, 0.6) is 0 Å². The molecule has 0 atom stereocenters. The van der Waals surface area contributed by atoms with E-state index in [-0.39, 0.29) is 0 Å². The molecule has 1 saturated heterocycles. The summed E-state index contributed by atoms with van der Waals surface area (Å²) >= 11 is 0. The van der Waals surface area contributed by atoms with Crippen LogP contribution in [-0.4, -0.2) is 55.7 Å². The molecule has 1 fully saturated rings. The normalized spacial score (nSPS) is 14.4. The Balaban J connectivity index is 1.22. The van der Waals surface area contributed by atoms with Crippen LogP contribution in [0.15, 0.2) is 73.8 Å². The summed E-state index contributed by atoms with van der Waals surface area (Å²) < 4.78 is 3.54. The molecule has 2 aromatic heterocycles. The Morgan fingerprint density at radius 3 is 1.18 bits per heavy atom. The molecule has 4 aromatic rings. The monoisotopic (exact) mass is 372 g/mol. The van der Waals surface area contributed by atoms with Crippen molar-refractivity contribution in [1.82, 2.24) is 29.5 Å². The lowest BCUT2D eigenvalue weighted by molar-refractivity contribution is 0.653. The first-order valence-electron chi connectivity index (χ1n) is 9.27. The summed E-state index contributed by atoms with van der Waals surface area (Å²) in [5.74, 6) is 0. The number of benzene rings is 2. The van der Waals surface area contributed by atoms with E-state index in [2.05, 4.69) is 78.5 Å². The number of hydrogen-bond acceptors (Lipinski definition) is 6. The van der Waals surface area contributed by atoms with Crippen molar-refractivity contribution in [3.8, 4) is 11.4 Å². The number of rotatable bonds is 4. The van der Waals surface area contributed by atoms with E-state index in [1.54, 1.807) is 34.7 Å². The molecule has 0 unspecified atom stereocenters. The highest BCUT2D eigenvalue weighted by Gasteiger charge is 2.17. The molecule has 0 spiro atoms. The highest BCUT2D eigenvalue weighted by Crippen LogP contribution is 2.22. The number of piperazine rings is 1. The predicted molar refractivity (Wildman–Crippen MR) is 107 cm³/mol. The zero-order valence-electron chi connectivity index (χ0n) is 15.3. The standard InChI is InChI=1S/C20H20N8/c1-5-19(27-15-21-13-23-27)6-2-17(1)25-9-11-26(12-10-25)18-3-7-20(8-4-18)28-16-22-14-24-28/h1-8,13-16H,9-12H2. The fraction of sp³-hybridized carbons (Fsp3) is 0.200. The van der Waals surface area contributed by atoms with Gasteiger partial charge in [0.2, 0.25) is 0 Å². The smallest absolute Gasteiger partial charge is 0.138 e. The quantitative estimate of drug-likeness (QED) is 0.547. The van der Waals surface area contributed by atoms with E-state index >= 15 is 0 Å². The summed E-state index contributed by atoms with van der Waals surface area (Å²) in [7, 11) is 0. The van der Waals surface area contributed by atoms with Crippen LogP contribution in [-0.2, 0) is 0 Å². The molecule has 5 rings (SSSR count). The molecule has 1 aliphatic heterocycles. The SMILES string of the molecule is c1ncn(-c2ccc(N3CCN(c4ccc(-n5cncn5)cc4)CC3)cc2)n1. The van der Waals surface area contributed by atoms with Crippen molar-refractivity contribution < 1.29 is 0 Å². The van der Waals surface area contributed by atoms with Crippen LogP contribution in [0.4, 0.5) is 11.4 Å². The maximum Gasteiger partial charge on any atom is 0.138 e. The Labute approximate surface area is 162 Å². The third-order valence-electron chi connectivity index (χ3n) is 5.08. The molecule has 28 heavy (non-hydrogen) atoms. The molecule has 2 aromatic carbocycles. The van der Waals surface area contributed by atoms with Crippen molar-refractivity contribution in [2.24, 2.45) is 0 Å². The van der Waals surface area contributed by atoms with E-state index in [9.17, 15) is 0 Å². The minimum absolute atomic E-state index is 0.994. The lowest BCUT2D eigenvalue weighted by atomic mass is 10.2. The van der Waals surface area contributed by atoms with Gasteiger partial charge in [0.05, 0.1) is 11.4 Å². The Morgan fingerprint density at radius 1 is 0.500 bits per heavy atom.